The molecule has 0 saturated carbocycles. The molecule has 0 atom stereocenters. The Balaban J connectivity index is 2.04. The molecule has 0 bridgehead atoms. The Morgan fingerprint density at radius 2 is 2.00 bits per heavy atom. The van der Waals surface area contributed by atoms with Crippen LogP contribution in [0.3, 0.4) is 0 Å². The highest BCUT2D eigenvalue weighted by molar-refractivity contribution is 6.30. The van der Waals surface area contributed by atoms with E-state index in [-0.39, 0.29) is 0 Å². The summed E-state index contributed by atoms with van der Waals surface area (Å²) in [4.78, 5) is 4.09. The average molecular weight is 250 g/mol. The Labute approximate surface area is 104 Å². The Morgan fingerprint density at radius 1 is 1.24 bits per heavy atom. The maximum atomic E-state index is 5.78. The van der Waals surface area contributed by atoms with Crippen LogP contribution in [0.4, 0.5) is 5.82 Å². The van der Waals surface area contributed by atoms with E-state index in [9.17, 15) is 0 Å². The van der Waals surface area contributed by atoms with Gasteiger partial charge in [-0.05, 0) is 30.3 Å². The monoisotopic (exact) mass is 249 g/mol. The van der Waals surface area contributed by atoms with Crippen LogP contribution >= 0.6 is 11.6 Å². The minimum Gasteiger partial charge on any atom is -0.489 e. The lowest BCUT2D eigenvalue weighted by atomic mass is 10.2. The molecule has 0 unspecified atom stereocenters. The van der Waals surface area contributed by atoms with Crippen LogP contribution in [0, 0.1) is 0 Å². The molecular weight excluding hydrogens is 238 g/mol. The van der Waals surface area contributed by atoms with Crippen molar-refractivity contribution in [2.45, 2.75) is 6.61 Å². The van der Waals surface area contributed by atoms with E-state index in [1.54, 1.807) is 18.3 Å². The second-order valence-electron chi connectivity index (χ2n) is 3.40. The SMILES string of the molecule is NNc1ncccc1COc1ccc(Cl)cc1. The quantitative estimate of drug-likeness (QED) is 0.646. The zero-order valence-corrected chi connectivity index (χ0v) is 9.82. The molecule has 0 saturated heterocycles. The molecule has 2 aromatic rings. The normalized spacial score (nSPS) is 10.0. The first-order chi connectivity index (χ1) is 8.29. The second kappa shape index (κ2) is 5.52. The largest absolute Gasteiger partial charge is 0.489 e. The molecule has 4 nitrogen and oxygen atoms in total. The number of hydrogen-bond donors (Lipinski definition) is 2. The van der Waals surface area contributed by atoms with Gasteiger partial charge in [0.25, 0.3) is 0 Å². The number of hydrogen-bond acceptors (Lipinski definition) is 4. The van der Waals surface area contributed by atoms with Gasteiger partial charge in [0.2, 0.25) is 0 Å². The molecule has 0 aliphatic carbocycles. The van der Waals surface area contributed by atoms with Crippen molar-refractivity contribution in [1.82, 2.24) is 4.98 Å². The highest BCUT2D eigenvalue weighted by atomic mass is 35.5. The van der Waals surface area contributed by atoms with E-state index in [1.165, 1.54) is 0 Å². The minimum absolute atomic E-state index is 0.398. The number of aromatic nitrogens is 1. The van der Waals surface area contributed by atoms with Gasteiger partial charge in [0, 0.05) is 16.8 Å². The summed E-state index contributed by atoms with van der Waals surface area (Å²) in [6, 6.07) is 10.9. The number of nitrogens with one attached hydrogen (secondary N) is 1. The molecule has 17 heavy (non-hydrogen) atoms. The van der Waals surface area contributed by atoms with Gasteiger partial charge in [-0.2, -0.15) is 0 Å². The Kier molecular flexibility index (Phi) is 3.80. The van der Waals surface area contributed by atoms with E-state index in [4.69, 9.17) is 22.2 Å². The molecule has 0 amide bonds. The lowest BCUT2D eigenvalue weighted by molar-refractivity contribution is 0.306. The topological polar surface area (TPSA) is 60.2 Å². The Bertz CT molecular complexity index is 487. The zero-order chi connectivity index (χ0) is 12.1. The second-order valence-corrected chi connectivity index (χ2v) is 3.83. The van der Waals surface area contributed by atoms with E-state index < -0.39 is 0 Å². The maximum Gasteiger partial charge on any atom is 0.146 e. The zero-order valence-electron chi connectivity index (χ0n) is 9.06. The molecule has 0 fully saturated rings. The lowest BCUT2D eigenvalue weighted by Crippen LogP contribution is -2.12. The van der Waals surface area contributed by atoms with Crippen LogP contribution in [0.5, 0.6) is 5.75 Å². The number of nitrogen functional groups attached to an aromatic ring is 1. The van der Waals surface area contributed by atoms with Crippen LogP contribution in [-0.2, 0) is 6.61 Å². The Hall–Kier alpha value is -1.78. The van der Waals surface area contributed by atoms with E-state index in [0.29, 0.717) is 17.4 Å². The molecule has 1 aromatic heterocycles. The van der Waals surface area contributed by atoms with Gasteiger partial charge in [-0.3, -0.25) is 0 Å². The van der Waals surface area contributed by atoms with Gasteiger partial charge in [-0.1, -0.05) is 17.7 Å². The number of ether oxygens (including phenoxy) is 1. The van der Waals surface area contributed by atoms with E-state index >= 15 is 0 Å². The van der Waals surface area contributed by atoms with Crippen LogP contribution in [0.25, 0.3) is 0 Å². The fourth-order valence-corrected chi connectivity index (χ4v) is 1.50. The van der Waals surface area contributed by atoms with Gasteiger partial charge in [0.15, 0.2) is 0 Å². The highest BCUT2D eigenvalue weighted by Gasteiger charge is 2.02. The molecule has 0 radical (unpaired) electrons. The van der Waals surface area contributed by atoms with Gasteiger partial charge >= 0.3 is 0 Å². The van der Waals surface area contributed by atoms with E-state index in [0.717, 1.165) is 11.3 Å². The fourth-order valence-electron chi connectivity index (χ4n) is 1.38. The number of pyridine rings is 1. The van der Waals surface area contributed by atoms with Gasteiger partial charge in [-0.25, -0.2) is 10.8 Å². The Morgan fingerprint density at radius 3 is 2.71 bits per heavy atom. The molecule has 3 N–H and O–H groups in total. The summed E-state index contributed by atoms with van der Waals surface area (Å²) in [6.45, 7) is 0.398. The third-order valence-electron chi connectivity index (χ3n) is 2.24. The predicted octanol–water partition coefficient (Wildman–Crippen LogP) is 2.60. The van der Waals surface area contributed by atoms with Gasteiger partial charge in [0.05, 0.1) is 0 Å². The molecule has 2 rings (SSSR count). The predicted molar refractivity (Wildman–Crippen MR) is 67.8 cm³/mol. The molecule has 0 aliphatic heterocycles. The number of halogens is 1. The molecule has 88 valence electrons. The van der Waals surface area contributed by atoms with Gasteiger partial charge < -0.3 is 10.2 Å². The standard InChI is InChI=1S/C12H12ClN3O/c13-10-3-5-11(6-4-10)17-8-9-2-1-7-15-12(9)16-14/h1-7H,8,14H2,(H,15,16). The van der Waals surface area contributed by atoms with Crippen molar-refractivity contribution in [1.29, 1.82) is 0 Å². The number of nitrogens with two attached hydrogens (primary N) is 1. The van der Waals surface area contributed by atoms with Gasteiger partial charge in [0.1, 0.15) is 18.2 Å². The maximum absolute atomic E-state index is 5.78. The minimum atomic E-state index is 0.398. The first-order valence-corrected chi connectivity index (χ1v) is 5.46. The fraction of sp³-hybridized carbons (Fsp3) is 0.0833. The van der Waals surface area contributed by atoms with Crippen LogP contribution in [-0.4, -0.2) is 4.98 Å². The summed E-state index contributed by atoms with van der Waals surface area (Å²) in [6.07, 6.45) is 1.67. The number of benzene rings is 1. The summed E-state index contributed by atoms with van der Waals surface area (Å²) in [5.41, 5.74) is 3.42. The molecule has 1 heterocycles. The summed E-state index contributed by atoms with van der Waals surface area (Å²) in [7, 11) is 0. The molecule has 1 aromatic carbocycles. The van der Waals surface area contributed by atoms with Crippen LogP contribution in [0.15, 0.2) is 42.6 Å². The molecule has 0 aliphatic rings. The highest BCUT2D eigenvalue weighted by Crippen LogP contribution is 2.18. The third kappa shape index (κ3) is 3.09. The summed E-state index contributed by atoms with van der Waals surface area (Å²) < 4.78 is 5.60. The van der Waals surface area contributed by atoms with Crippen LogP contribution in [0.1, 0.15) is 5.56 Å². The number of hydrazine groups is 1. The molecule has 5 heteroatoms. The van der Waals surface area contributed by atoms with Crippen molar-refractivity contribution in [3.8, 4) is 5.75 Å². The van der Waals surface area contributed by atoms with Gasteiger partial charge in [-0.15, -0.1) is 0 Å². The average Bonchev–Trinajstić information content (AvgIpc) is 2.38. The third-order valence-corrected chi connectivity index (χ3v) is 2.49. The molecular formula is C12H12ClN3O. The number of rotatable bonds is 4. The summed E-state index contributed by atoms with van der Waals surface area (Å²) in [5, 5.41) is 0.683. The summed E-state index contributed by atoms with van der Waals surface area (Å²) >= 11 is 5.78. The van der Waals surface area contributed by atoms with Crippen molar-refractivity contribution in [2.24, 2.45) is 5.84 Å². The van der Waals surface area contributed by atoms with E-state index in [2.05, 4.69) is 10.4 Å². The van der Waals surface area contributed by atoms with E-state index in [1.807, 2.05) is 24.3 Å². The summed E-state index contributed by atoms with van der Waals surface area (Å²) in [5.74, 6) is 6.72. The first-order valence-electron chi connectivity index (χ1n) is 5.08. The first kappa shape index (κ1) is 11.7. The van der Waals surface area contributed by atoms with Crippen molar-refractivity contribution in [3.05, 3.63) is 53.2 Å². The number of anilines is 1. The lowest BCUT2D eigenvalue weighted by Gasteiger charge is -2.09. The van der Waals surface area contributed by atoms with Crippen molar-refractivity contribution in [2.75, 3.05) is 5.43 Å². The van der Waals surface area contributed by atoms with Crippen molar-refractivity contribution in [3.63, 3.8) is 0 Å². The molecule has 0 spiro atoms. The smallest absolute Gasteiger partial charge is 0.146 e. The van der Waals surface area contributed by atoms with Crippen LogP contribution in [0.2, 0.25) is 5.02 Å². The van der Waals surface area contributed by atoms with Crippen molar-refractivity contribution < 1.29 is 4.74 Å². The van der Waals surface area contributed by atoms with Crippen LogP contribution < -0.4 is 16.0 Å². The number of nitrogens with zero attached hydrogens (tertiary/aromatic N) is 1. The van der Waals surface area contributed by atoms with Crippen molar-refractivity contribution >= 4 is 17.4 Å².